The molecule has 8 heteroatoms. The Morgan fingerprint density at radius 2 is 2.00 bits per heavy atom. The lowest BCUT2D eigenvalue weighted by atomic mass is 10.2. The second-order valence-corrected chi connectivity index (χ2v) is 6.07. The molecule has 2 aromatic carbocycles. The topological polar surface area (TPSA) is 91.3 Å². The molecular formula is C19H14N4O4. The molecule has 0 saturated carbocycles. The number of nitrogens with one attached hydrogen (secondary N) is 1. The van der Waals surface area contributed by atoms with Gasteiger partial charge in [0.1, 0.15) is 0 Å². The molecular weight excluding hydrogens is 348 g/mol. The average molecular weight is 362 g/mol. The summed E-state index contributed by atoms with van der Waals surface area (Å²) >= 11 is 0. The molecule has 27 heavy (non-hydrogen) atoms. The molecule has 0 saturated heterocycles. The van der Waals surface area contributed by atoms with Gasteiger partial charge in [0.25, 0.3) is 0 Å². The molecule has 8 nitrogen and oxygen atoms in total. The van der Waals surface area contributed by atoms with Crippen LogP contribution in [0.1, 0.15) is 16.1 Å². The number of imidazole rings is 1. The highest BCUT2D eigenvalue weighted by molar-refractivity contribution is 5.91. The second kappa shape index (κ2) is 5.87. The van der Waals surface area contributed by atoms with Crippen molar-refractivity contribution < 1.29 is 19.0 Å². The summed E-state index contributed by atoms with van der Waals surface area (Å²) in [7, 11) is 0. The predicted octanol–water partition coefficient (Wildman–Crippen LogP) is 3.00. The van der Waals surface area contributed by atoms with Crippen LogP contribution in [0.3, 0.4) is 0 Å². The van der Waals surface area contributed by atoms with Crippen molar-refractivity contribution in [1.29, 1.82) is 0 Å². The molecule has 0 radical (unpaired) electrons. The van der Waals surface area contributed by atoms with E-state index in [1.165, 1.54) is 4.68 Å². The fourth-order valence-electron chi connectivity index (χ4n) is 2.92. The van der Waals surface area contributed by atoms with Crippen molar-refractivity contribution in [3.05, 3.63) is 59.8 Å². The predicted molar refractivity (Wildman–Crippen MR) is 95.5 cm³/mol. The Morgan fingerprint density at radius 1 is 1.15 bits per heavy atom. The smallest absolute Gasteiger partial charge is 0.345 e. The highest BCUT2D eigenvalue weighted by Crippen LogP contribution is 2.33. The molecule has 0 spiro atoms. The molecule has 1 aliphatic rings. The molecule has 0 fully saturated rings. The lowest BCUT2D eigenvalue weighted by Crippen LogP contribution is -2.12. The van der Waals surface area contributed by atoms with E-state index in [-0.39, 0.29) is 12.7 Å². The fourth-order valence-corrected chi connectivity index (χ4v) is 2.92. The third-order valence-corrected chi connectivity index (χ3v) is 4.18. The number of carbonyl (C=O) groups excluding carboxylic acids is 1. The van der Waals surface area contributed by atoms with Crippen LogP contribution in [0.15, 0.2) is 48.5 Å². The van der Waals surface area contributed by atoms with Gasteiger partial charge in [-0.15, -0.1) is 0 Å². The zero-order chi connectivity index (χ0) is 18.4. The van der Waals surface area contributed by atoms with E-state index in [4.69, 9.17) is 14.2 Å². The molecule has 1 aliphatic heterocycles. The van der Waals surface area contributed by atoms with Crippen molar-refractivity contribution in [1.82, 2.24) is 19.7 Å². The van der Waals surface area contributed by atoms with Crippen LogP contribution < -0.4 is 14.2 Å². The summed E-state index contributed by atoms with van der Waals surface area (Å²) in [6, 6.07) is 14.2. The summed E-state index contributed by atoms with van der Waals surface area (Å²) in [5.74, 6) is 1.35. The first kappa shape index (κ1) is 15.4. The maximum atomic E-state index is 12.6. The summed E-state index contributed by atoms with van der Waals surface area (Å²) < 4.78 is 17.6. The van der Waals surface area contributed by atoms with Crippen molar-refractivity contribution in [3.63, 3.8) is 0 Å². The maximum absolute atomic E-state index is 12.6. The van der Waals surface area contributed by atoms with Gasteiger partial charge in [-0.05, 0) is 37.3 Å². The highest BCUT2D eigenvalue weighted by Gasteiger charge is 2.20. The normalized spacial score (nSPS) is 12.5. The third-order valence-electron chi connectivity index (χ3n) is 4.18. The first-order valence-electron chi connectivity index (χ1n) is 8.31. The number of esters is 1. The van der Waals surface area contributed by atoms with Gasteiger partial charge in [0.05, 0.1) is 22.3 Å². The van der Waals surface area contributed by atoms with E-state index in [2.05, 4.69) is 15.1 Å². The van der Waals surface area contributed by atoms with E-state index < -0.39 is 5.97 Å². The number of aromatic amines is 1. The van der Waals surface area contributed by atoms with Gasteiger partial charge in [-0.25, -0.2) is 9.78 Å². The number of benzene rings is 2. The van der Waals surface area contributed by atoms with Gasteiger partial charge < -0.3 is 19.2 Å². The number of rotatable bonds is 3. The maximum Gasteiger partial charge on any atom is 0.345 e. The Morgan fingerprint density at radius 3 is 2.89 bits per heavy atom. The number of nitrogens with zero attached hydrogens (tertiary/aromatic N) is 3. The van der Waals surface area contributed by atoms with Gasteiger partial charge in [0.2, 0.25) is 18.6 Å². The standard InChI is InChI=1S/C19H14N4O4/c1-11-8-17(23(22-11)19-20-13-4-2-3-5-14(13)21-19)27-18(24)12-6-7-15-16(9-12)26-10-25-15/h2-9H,10H2,1H3,(H,20,21). The number of hydrogen-bond acceptors (Lipinski definition) is 6. The number of aryl methyl sites for hydroxylation is 1. The Balaban J connectivity index is 1.48. The van der Waals surface area contributed by atoms with Gasteiger partial charge >= 0.3 is 5.97 Å². The van der Waals surface area contributed by atoms with Crippen molar-refractivity contribution in [2.45, 2.75) is 6.92 Å². The minimum Gasteiger partial charge on any atom is -0.454 e. The van der Waals surface area contributed by atoms with Crippen LogP contribution in [0.25, 0.3) is 17.0 Å². The number of H-pyrrole nitrogens is 1. The van der Waals surface area contributed by atoms with E-state index >= 15 is 0 Å². The molecule has 1 N–H and O–H groups in total. The first-order chi connectivity index (χ1) is 13.2. The van der Waals surface area contributed by atoms with Crippen molar-refractivity contribution in [2.75, 3.05) is 6.79 Å². The summed E-state index contributed by atoms with van der Waals surface area (Å²) in [6.45, 7) is 1.96. The van der Waals surface area contributed by atoms with Gasteiger partial charge in [-0.2, -0.15) is 9.78 Å². The number of hydrogen-bond donors (Lipinski definition) is 1. The van der Waals surface area contributed by atoms with Crippen LogP contribution in [0.2, 0.25) is 0 Å². The van der Waals surface area contributed by atoms with Crippen molar-refractivity contribution >= 4 is 17.0 Å². The Labute approximate surface area is 153 Å². The minimum atomic E-state index is -0.523. The molecule has 2 aromatic heterocycles. The molecule has 0 atom stereocenters. The minimum absolute atomic E-state index is 0.145. The number of aromatic nitrogens is 4. The molecule has 0 bridgehead atoms. The second-order valence-electron chi connectivity index (χ2n) is 6.07. The van der Waals surface area contributed by atoms with Crippen LogP contribution in [0.4, 0.5) is 0 Å². The lowest BCUT2D eigenvalue weighted by Gasteiger charge is -2.06. The summed E-state index contributed by atoms with van der Waals surface area (Å²) in [5, 5.41) is 4.38. The molecule has 0 aliphatic carbocycles. The molecule has 4 aromatic rings. The zero-order valence-electron chi connectivity index (χ0n) is 14.3. The largest absolute Gasteiger partial charge is 0.454 e. The number of fused-ring (bicyclic) bond motifs is 2. The van der Waals surface area contributed by atoms with E-state index in [0.717, 1.165) is 11.0 Å². The van der Waals surface area contributed by atoms with Crippen LogP contribution in [-0.4, -0.2) is 32.5 Å². The molecule has 134 valence electrons. The lowest BCUT2D eigenvalue weighted by molar-refractivity contribution is 0.0722. The average Bonchev–Trinajstić information content (AvgIpc) is 3.38. The van der Waals surface area contributed by atoms with Crippen molar-refractivity contribution in [3.8, 4) is 23.3 Å². The SMILES string of the molecule is Cc1cc(OC(=O)c2ccc3c(c2)OCO3)n(-c2nc3ccccc3[nH]2)n1. The molecule has 0 unspecified atom stereocenters. The molecule has 0 amide bonds. The van der Waals surface area contributed by atoms with E-state index in [9.17, 15) is 4.79 Å². The first-order valence-corrected chi connectivity index (χ1v) is 8.31. The number of para-hydroxylation sites is 2. The van der Waals surface area contributed by atoms with Crippen molar-refractivity contribution in [2.24, 2.45) is 0 Å². The van der Waals surface area contributed by atoms with E-state index in [0.29, 0.717) is 28.7 Å². The third kappa shape index (κ3) is 2.67. The monoisotopic (exact) mass is 362 g/mol. The summed E-state index contributed by atoms with van der Waals surface area (Å²) in [6.07, 6.45) is 0. The van der Waals surface area contributed by atoms with Crippen LogP contribution in [-0.2, 0) is 0 Å². The Bertz CT molecular complexity index is 1140. The van der Waals surface area contributed by atoms with Gasteiger partial charge in [-0.1, -0.05) is 12.1 Å². The summed E-state index contributed by atoms with van der Waals surface area (Å²) in [4.78, 5) is 20.3. The number of carbonyl (C=O) groups is 1. The Hall–Kier alpha value is -3.81. The Kier molecular flexibility index (Phi) is 3.36. The number of ether oxygens (including phenoxy) is 3. The van der Waals surface area contributed by atoms with Gasteiger partial charge in [0.15, 0.2) is 11.5 Å². The zero-order valence-corrected chi connectivity index (χ0v) is 14.3. The van der Waals surface area contributed by atoms with Crippen LogP contribution >= 0.6 is 0 Å². The molecule has 5 rings (SSSR count). The molecule has 3 heterocycles. The van der Waals surface area contributed by atoms with E-state index in [1.807, 2.05) is 31.2 Å². The van der Waals surface area contributed by atoms with Crippen LogP contribution in [0, 0.1) is 6.92 Å². The van der Waals surface area contributed by atoms with Gasteiger partial charge in [0, 0.05) is 6.07 Å². The van der Waals surface area contributed by atoms with Crippen LogP contribution in [0.5, 0.6) is 17.4 Å². The van der Waals surface area contributed by atoms with Gasteiger partial charge in [-0.3, -0.25) is 0 Å². The quantitative estimate of drug-likeness (QED) is 0.563. The fraction of sp³-hybridized carbons (Fsp3) is 0.105. The highest BCUT2D eigenvalue weighted by atomic mass is 16.7. The summed E-state index contributed by atoms with van der Waals surface area (Å²) in [5.41, 5.74) is 2.72. The van der Waals surface area contributed by atoms with E-state index in [1.54, 1.807) is 24.3 Å².